The molecule has 0 aliphatic heterocycles. The van der Waals surface area contributed by atoms with Gasteiger partial charge in [0.2, 0.25) is 0 Å². The van der Waals surface area contributed by atoms with Crippen molar-refractivity contribution in [2.45, 2.75) is 6.42 Å². The summed E-state index contributed by atoms with van der Waals surface area (Å²) in [7, 11) is 1.59. The van der Waals surface area contributed by atoms with E-state index in [1.54, 1.807) is 37.4 Å². The molecule has 0 unspecified atom stereocenters. The zero-order valence-electron chi connectivity index (χ0n) is 13.5. The van der Waals surface area contributed by atoms with Gasteiger partial charge in [-0.25, -0.2) is 0 Å². The van der Waals surface area contributed by atoms with Crippen molar-refractivity contribution < 1.29 is 13.9 Å². The number of carbonyl (C=O) groups is 1. The van der Waals surface area contributed by atoms with Crippen molar-refractivity contribution in [3.05, 3.63) is 51.7 Å². The molecule has 5 nitrogen and oxygen atoms in total. The molecule has 2 rings (SSSR count). The Labute approximate surface area is 155 Å². The van der Waals surface area contributed by atoms with Gasteiger partial charge in [0, 0.05) is 31.9 Å². The number of nitrogens with zero attached hydrogens (tertiary/aromatic N) is 1. The first kappa shape index (κ1) is 19.1. The van der Waals surface area contributed by atoms with Crippen LogP contribution in [0.5, 0.6) is 0 Å². The average Bonchev–Trinajstić information content (AvgIpc) is 3.07. The number of furan rings is 1. The predicted octanol–water partition coefficient (Wildman–Crippen LogP) is 4.31. The van der Waals surface area contributed by atoms with Crippen LogP contribution in [0.1, 0.15) is 12.2 Å². The standard InChI is InChI=1S/C18H16Cl2N2O3/c1-24-8-2-7-22-18(23)13(11-21)9-14-4-6-17(25-14)12-3-5-15(19)16(20)10-12/h3-6,9-10H,2,7-8H2,1H3,(H,22,23)/b13-9+. The zero-order chi connectivity index (χ0) is 18.2. The lowest BCUT2D eigenvalue weighted by Gasteiger charge is -2.03. The van der Waals surface area contributed by atoms with Crippen LogP contribution in [0.3, 0.4) is 0 Å². The molecule has 0 aliphatic carbocycles. The Kier molecular flexibility index (Phi) is 7.08. The monoisotopic (exact) mass is 378 g/mol. The second kappa shape index (κ2) is 9.28. The Hall–Kier alpha value is -2.26. The highest BCUT2D eigenvalue weighted by molar-refractivity contribution is 6.42. The summed E-state index contributed by atoms with van der Waals surface area (Å²) in [6.45, 7) is 0.968. The number of nitrogens with one attached hydrogen (secondary N) is 1. The molecule has 2 aromatic rings. The van der Waals surface area contributed by atoms with Gasteiger partial charge in [-0.3, -0.25) is 4.79 Å². The van der Waals surface area contributed by atoms with E-state index in [1.165, 1.54) is 6.08 Å². The summed E-state index contributed by atoms with van der Waals surface area (Å²) in [4.78, 5) is 12.0. The summed E-state index contributed by atoms with van der Waals surface area (Å²) < 4.78 is 10.6. The molecule has 1 amide bonds. The van der Waals surface area contributed by atoms with Crippen LogP contribution in [-0.2, 0) is 9.53 Å². The zero-order valence-corrected chi connectivity index (χ0v) is 15.0. The van der Waals surface area contributed by atoms with Crippen LogP contribution >= 0.6 is 23.2 Å². The third-order valence-electron chi connectivity index (χ3n) is 3.29. The van der Waals surface area contributed by atoms with Crippen molar-refractivity contribution in [2.75, 3.05) is 20.3 Å². The molecule has 0 fully saturated rings. The van der Waals surface area contributed by atoms with Crippen molar-refractivity contribution >= 4 is 35.2 Å². The van der Waals surface area contributed by atoms with Crippen molar-refractivity contribution in [3.8, 4) is 17.4 Å². The fourth-order valence-electron chi connectivity index (χ4n) is 2.04. The first-order valence-electron chi connectivity index (χ1n) is 7.49. The van der Waals surface area contributed by atoms with Crippen molar-refractivity contribution in [2.24, 2.45) is 0 Å². The molecule has 0 spiro atoms. The Morgan fingerprint density at radius 3 is 2.80 bits per heavy atom. The van der Waals surface area contributed by atoms with Gasteiger partial charge in [-0.05, 0) is 36.8 Å². The highest BCUT2D eigenvalue weighted by Gasteiger charge is 2.11. The van der Waals surface area contributed by atoms with Crippen molar-refractivity contribution in [1.29, 1.82) is 5.26 Å². The highest BCUT2D eigenvalue weighted by Crippen LogP contribution is 2.30. The van der Waals surface area contributed by atoms with Gasteiger partial charge in [0.1, 0.15) is 23.2 Å². The lowest BCUT2D eigenvalue weighted by Crippen LogP contribution is -2.26. The van der Waals surface area contributed by atoms with Gasteiger partial charge in [0.05, 0.1) is 10.0 Å². The van der Waals surface area contributed by atoms with Crippen LogP contribution in [0, 0.1) is 11.3 Å². The van der Waals surface area contributed by atoms with E-state index in [0.717, 1.165) is 5.56 Å². The van der Waals surface area contributed by atoms with E-state index in [4.69, 9.17) is 32.4 Å². The maximum absolute atomic E-state index is 12.0. The molecule has 0 bridgehead atoms. The molecule has 0 radical (unpaired) electrons. The minimum absolute atomic E-state index is 0.0348. The van der Waals surface area contributed by atoms with Crippen LogP contribution < -0.4 is 5.32 Å². The number of rotatable bonds is 7. The minimum Gasteiger partial charge on any atom is -0.457 e. The first-order chi connectivity index (χ1) is 12.0. The molecular formula is C18H16Cl2N2O3. The van der Waals surface area contributed by atoms with Gasteiger partial charge >= 0.3 is 0 Å². The van der Waals surface area contributed by atoms with Gasteiger partial charge in [-0.1, -0.05) is 23.2 Å². The summed E-state index contributed by atoms with van der Waals surface area (Å²) >= 11 is 11.9. The van der Waals surface area contributed by atoms with Crippen molar-refractivity contribution in [3.63, 3.8) is 0 Å². The van der Waals surface area contributed by atoms with Gasteiger partial charge in [-0.2, -0.15) is 5.26 Å². The number of nitriles is 1. The number of halogens is 2. The van der Waals surface area contributed by atoms with Crippen LogP contribution in [-0.4, -0.2) is 26.2 Å². The summed E-state index contributed by atoms with van der Waals surface area (Å²) in [6, 6.07) is 10.4. The van der Waals surface area contributed by atoms with E-state index in [-0.39, 0.29) is 5.57 Å². The highest BCUT2D eigenvalue weighted by atomic mass is 35.5. The Morgan fingerprint density at radius 1 is 1.32 bits per heavy atom. The fourth-order valence-corrected chi connectivity index (χ4v) is 2.34. The van der Waals surface area contributed by atoms with E-state index in [0.29, 0.717) is 41.1 Å². The average molecular weight is 379 g/mol. The molecule has 0 saturated heterocycles. The van der Waals surface area contributed by atoms with Crippen LogP contribution in [0.25, 0.3) is 17.4 Å². The lowest BCUT2D eigenvalue weighted by molar-refractivity contribution is -0.117. The summed E-state index contributed by atoms with van der Waals surface area (Å²) in [5, 5.41) is 12.7. The number of benzene rings is 1. The molecule has 0 atom stereocenters. The molecular weight excluding hydrogens is 363 g/mol. The number of carbonyl (C=O) groups excluding carboxylic acids is 1. The molecule has 1 aromatic carbocycles. The van der Waals surface area contributed by atoms with Crippen LogP contribution in [0.15, 0.2) is 40.3 Å². The van der Waals surface area contributed by atoms with E-state index >= 15 is 0 Å². The van der Waals surface area contributed by atoms with Crippen LogP contribution in [0.2, 0.25) is 10.0 Å². The normalized spacial score (nSPS) is 11.2. The van der Waals surface area contributed by atoms with E-state index < -0.39 is 5.91 Å². The van der Waals surface area contributed by atoms with Gasteiger partial charge in [0.15, 0.2) is 0 Å². The van der Waals surface area contributed by atoms with Crippen LogP contribution in [0.4, 0.5) is 0 Å². The molecule has 1 aromatic heterocycles. The first-order valence-corrected chi connectivity index (χ1v) is 8.25. The lowest BCUT2D eigenvalue weighted by atomic mass is 10.2. The predicted molar refractivity (Wildman–Crippen MR) is 97.3 cm³/mol. The number of amides is 1. The molecule has 0 aliphatic rings. The molecule has 1 heterocycles. The fraction of sp³-hybridized carbons (Fsp3) is 0.222. The van der Waals surface area contributed by atoms with Gasteiger partial charge in [-0.15, -0.1) is 0 Å². The second-order valence-electron chi connectivity index (χ2n) is 5.10. The quantitative estimate of drug-likeness (QED) is 0.442. The number of hydrogen-bond acceptors (Lipinski definition) is 4. The molecule has 130 valence electrons. The minimum atomic E-state index is -0.453. The number of hydrogen-bond donors (Lipinski definition) is 1. The molecule has 0 saturated carbocycles. The Bertz CT molecular complexity index is 822. The van der Waals surface area contributed by atoms with Gasteiger partial charge in [0.25, 0.3) is 5.91 Å². The SMILES string of the molecule is COCCCNC(=O)/C(C#N)=C/c1ccc(-c2ccc(Cl)c(Cl)c2)o1. The summed E-state index contributed by atoms with van der Waals surface area (Å²) in [6.07, 6.45) is 2.07. The Morgan fingerprint density at radius 2 is 2.12 bits per heavy atom. The number of ether oxygens (including phenoxy) is 1. The second-order valence-corrected chi connectivity index (χ2v) is 5.92. The summed E-state index contributed by atoms with van der Waals surface area (Å²) in [5.74, 6) is 0.498. The number of methoxy groups -OCH3 is 1. The molecule has 1 N–H and O–H groups in total. The van der Waals surface area contributed by atoms with E-state index in [2.05, 4.69) is 5.32 Å². The molecule has 7 heteroatoms. The third-order valence-corrected chi connectivity index (χ3v) is 4.03. The Balaban J connectivity index is 2.11. The maximum Gasteiger partial charge on any atom is 0.262 e. The molecule has 25 heavy (non-hydrogen) atoms. The topological polar surface area (TPSA) is 75.3 Å². The van der Waals surface area contributed by atoms with E-state index in [1.807, 2.05) is 6.07 Å². The van der Waals surface area contributed by atoms with Gasteiger partial charge < -0.3 is 14.5 Å². The third kappa shape index (κ3) is 5.36. The van der Waals surface area contributed by atoms with Crippen molar-refractivity contribution in [1.82, 2.24) is 5.32 Å². The summed E-state index contributed by atoms with van der Waals surface area (Å²) in [5.41, 5.74) is 0.712. The maximum atomic E-state index is 12.0. The van der Waals surface area contributed by atoms with E-state index in [9.17, 15) is 10.1 Å². The smallest absolute Gasteiger partial charge is 0.262 e. The largest absolute Gasteiger partial charge is 0.457 e.